The lowest BCUT2D eigenvalue weighted by Crippen LogP contribution is -2.30. The van der Waals surface area contributed by atoms with E-state index < -0.39 is 0 Å². The molecule has 0 spiro atoms. The zero-order valence-corrected chi connectivity index (χ0v) is 12.0. The van der Waals surface area contributed by atoms with E-state index in [0.717, 1.165) is 23.3 Å². The summed E-state index contributed by atoms with van der Waals surface area (Å²) in [5.41, 5.74) is 2.23. The number of hydrogen-bond donors (Lipinski definition) is 0. The van der Waals surface area contributed by atoms with Crippen molar-refractivity contribution in [3.05, 3.63) is 29.3 Å². The van der Waals surface area contributed by atoms with Crippen molar-refractivity contribution in [3.63, 3.8) is 0 Å². The predicted octanol–water partition coefficient (Wildman–Crippen LogP) is 1.98. The minimum absolute atomic E-state index is 0.0157. The van der Waals surface area contributed by atoms with Crippen LogP contribution < -0.4 is 4.74 Å². The highest BCUT2D eigenvalue weighted by atomic mass is 16.5. The summed E-state index contributed by atoms with van der Waals surface area (Å²) in [6.45, 7) is 4.03. The minimum atomic E-state index is -0.127. The number of ether oxygens (including phenoxy) is 1. The Labute approximate surface area is 114 Å². The number of benzene rings is 1. The van der Waals surface area contributed by atoms with Crippen molar-refractivity contribution in [2.24, 2.45) is 0 Å². The van der Waals surface area contributed by atoms with E-state index >= 15 is 0 Å². The van der Waals surface area contributed by atoms with Crippen molar-refractivity contribution in [1.82, 2.24) is 4.90 Å². The van der Waals surface area contributed by atoms with Crippen LogP contribution in [-0.2, 0) is 16.0 Å². The summed E-state index contributed by atoms with van der Waals surface area (Å²) >= 11 is 0. The summed E-state index contributed by atoms with van der Waals surface area (Å²) in [5.74, 6) is 0.639. The van der Waals surface area contributed by atoms with Gasteiger partial charge < -0.3 is 9.64 Å². The number of amides is 1. The Balaban J connectivity index is 2.54. The van der Waals surface area contributed by atoms with Crippen LogP contribution in [0.2, 0.25) is 0 Å². The van der Waals surface area contributed by atoms with Gasteiger partial charge in [0.1, 0.15) is 11.5 Å². The number of Topliss-reactive ketones (excluding diaryl/α,β-unsaturated/α-hetero) is 1. The van der Waals surface area contributed by atoms with Gasteiger partial charge in [0.2, 0.25) is 5.91 Å². The first-order chi connectivity index (χ1) is 8.93. The van der Waals surface area contributed by atoms with E-state index in [9.17, 15) is 9.59 Å². The fraction of sp³-hybridized carbons (Fsp3) is 0.467. The molecule has 0 heterocycles. The molecule has 104 valence electrons. The Morgan fingerprint density at radius 1 is 1.32 bits per heavy atom. The molecule has 0 bridgehead atoms. The van der Waals surface area contributed by atoms with Crippen LogP contribution in [0.15, 0.2) is 18.2 Å². The molecule has 0 atom stereocenters. The summed E-state index contributed by atoms with van der Waals surface area (Å²) in [6, 6.07) is 5.99. The fourth-order valence-electron chi connectivity index (χ4n) is 1.87. The molecular formula is C15H21NO3. The number of rotatable bonds is 6. The predicted molar refractivity (Wildman–Crippen MR) is 74.4 cm³/mol. The van der Waals surface area contributed by atoms with Crippen molar-refractivity contribution in [3.8, 4) is 5.75 Å². The Bertz CT molecular complexity index is 468. The van der Waals surface area contributed by atoms with Gasteiger partial charge in [-0.1, -0.05) is 12.1 Å². The molecule has 1 amide bonds. The Morgan fingerprint density at radius 3 is 2.53 bits per heavy atom. The fourth-order valence-corrected chi connectivity index (χ4v) is 1.87. The molecule has 0 aliphatic rings. The van der Waals surface area contributed by atoms with Crippen molar-refractivity contribution in [2.75, 3.05) is 20.7 Å². The second kappa shape index (κ2) is 6.92. The number of carbonyl (C=O) groups is 2. The molecule has 19 heavy (non-hydrogen) atoms. The summed E-state index contributed by atoms with van der Waals surface area (Å²) in [7, 11) is 3.37. The third-order valence-electron chi connectivity index (χ3n) is 3.02. The van der Waals surface area contributed by atoms with Gasteiger partial charge in [0.15, 0.2) is 0 Å². The molecule has 0 aromatic heterocycles. The molecule has 0 aliphatic carbocycles. The van der Waals surface area contributed by atoms with E-state index in [2.05, 4.69) is 6.07 Å². The quantitative estimate of drug-likeness (QED) is 0.737. The second-order valence-corrected chi connectivity index (χ2v) is 4.75. The lowest BCUT2D eigenvalue weighted by Gasteiger charge is -2.16. The number of hydrogen-bond acceptors (Lipinski definition) is 3. The number of methoxy groups -OCH3 is 1. The maximum Gasteiger partial charge on any atom is 0.229 e. The average molecular weight is 263 g/mol. The minimum Gasteiger partial charge on any atom is -0.496 e. The van der Waals surface area contributed by atoms with E-state index in [1.807, 2.05) is 19.1 Å². The third-order valence-corrected chi connectivity index (χ3v) is 3.02. The smallest absolute Gasteiger partial charge is 0.229 e. The lowest BCUT2D eigenvalue weighted by atomic mass is 10.1. The van der Waals surface area contributed by atoms with Gasteiger partial charge in [-0.15, -0.1) is 0 Å². The molecule has 0 N–H and O–H groups in total. The number of ketones is 1. The molecule has 0 aliphatic heterocycles. The van der Waals surface area contributed by atoms with Crippen LogP contribution in [0, 0.1) is 6.92 Å². The third kappa shape index (κ3) is 4.73. The SMILES string of the molecule is COc1ccc(CCN(C)C(=O)CC(C)=O)cc1C. The largest absolute Gasteiger partial charge is 0.496 e. The van der Waals surface area contributed by atoms with Crippen LogP contribution in [0.25, 0.3) is 0 Å². The van der Waals surface area contributed by atoms with Crippen LogP contribution in [0.3, 0.4) is 0 Å². The lowest BCUT2D eigenvalue weighted by molar-refractivity contribution is -0.133. The normalized spacial score (nSPS) is 10.1. The highest BCUT2D eigenvalue weighted by molar-refractivity contribution is 5.96. The van der Waals surface area contributed by atoms with E-state index in [1.165, 1.54) is 6.92 Å². The zero-order valence-electron chi connectivity index (χ0n) is 12.0. The topological polar surface area (TPSA) is 46.6 Å². The van der Waals surface area contributed by atoms with E-state index in [4.69, 9.17) is 4.74 Å². The molecule has 0 fully saturated rings. The molecule has 0 saturated heterocycles. The van der Waals surface area contributed by atoms with Gasteiger partial charge in [-0.05, 0) is 37.5 Å². The van der Waals surface area contributed by atoms with Gasteiger partial charge in [0.05, 0.1) is 13.5 Å². The molecule has 4 heteroatoms. The van der Waals surface area contributed by atoms with Gasteiger partial charge in [-0.25, -0.2) is 0 Å². The number of nitrogens with zero attached hydrogens (tertiary/aromatic N) is 1. The van der Waals surface area contributed by atoms with E-state index in [1.54, 1.807) is 19.1 Å². The molecule has 0 radical (unpaired) electrons. The summed E-state index contributed by atoms with van der Waals surface area (Å²) in [4.78, 5) is 24.1. The zero-order chi connectivity index (χ0) is 14.4. The average Bonchev–Trinajstić information content (AvgIpc) is 2.35. The number of likely N-dealkylation sites (N-methyl/N-ethyl adjacent to an activating group) is 1. The van der Waals surface area contributed by atoms with E-state index in [-0.39, 0.29) is 18.1 Å². The standard InChI is InChI=1S/C15H21NO3/c1-11-9-13(5-6-14(11)19-4)7-8-16(3)15(18)10-12(2)17/h5-6,9H,7-8,10H2,1-4H3. The molecule has 4 nitrogen and oxygen atoms in total. The second-order valence-electron chi connectivity index (χ2n) is 4.75. The summed E-state index contributed by atoms with van der Waals surface area (Å²) < 4.78 is 5.21. The van der Waals surface area contributed by atoms with Crippen molar-refractivity contribution in [1.29, 1.82) is 0 Å². The van der Waals surface area contributed by atoms with E-state index in [0.29, 0.717) is 6.54 Å². The molecular weight excluding hydrogens is 242 g/mol. The molecule has 0 unspecified atom stereocenters. The van der Waals surface area contributed by atoms with Gasteiger partial charge in [-0.3, -0.25) is 9.59 Å². The maximum absolute atomic E-state index is 11.6. The van der Waals surface area contributed by atoms with Gasteiger partial charge in [-0.2, -0.15) is 0 Å². The van der Waals surface area contributed by atoms with Crippen LogP contribution in [-0.4, -0.2) is 37.3 Å². The first-order valence-corrected chi connectivity index (χ1v) is 6.31. The van der Waals surface area contributed by atoms with Crippen LogP contribution in [0.1, 0.15) is 24.5 Å². The molecule has 0 saturated carbocycles. The Morgan fingerprint density at radius 2 is 2.00 bits per heavy atom. The van der Waals surface area contributed by atoms with Gasteiger partial charge in [0.25, 0.3) is 0 Å². The van der Waals surface area contributed by atoms with Crippen LogP contribution in [0.5, 0.6) is 5.75 Å². The summed E-state index contributed by atoms with van der Waals surface area (Å²) in [6.07, 6.45) is 0.753. The molecule has 1 aromatic carbocycles. The Kier molecular flexibility index (Phi) is 5.55. The Hall–Kier alpha value is -1.84. The maximum atomic E-state index is 11.6. The number of carbonyl (C=O) groups excluding carboxylic acids is 2. The van der Waals surface area contributed by atoms with Crippen molar-refractivity contribution < 1.29 is 14.3 Å². The molecule has 1 rings (SSSR count). The highest BCUT2D eigenvalue weighted by Gasteiger charge is 2.11. The monoisotopic (exact) mass is 263 g/mol. The summed E-state index contributed by atoms with van der Waals surface area (Å²) in [5, 5.41) is 0. The highest BCUT2D eigenvalue weighted by Crippen LogP contribution is 2.18. The van der Waals surface area contributed by atoms with Gasteiger partial charge >= 0.3 is 0 Å². The first-order valence-electron chi connectivity index (χ1n) is 6.31. The molecule has 1 aromatic rings. The first kappa shape index (κ1) is 15.2. The van der Waals surface area contributed by atoms with Crippen molar-refractivity contribution >= 4 is 11.7 Å². The van der Waals surface area contributed by atoms with Crippen LogP contribution >= 0.6 is 0 Å². The van der Waals surface area contributed by atoms with Gasteiger partial charge in [0, 0.05) is 13.6 Å². The van der Waals surface area contributed by atoms with Crippen molar-refractivity contribution in [2.45, 2.75) is 26.7 Å². The van der Waals surface area contributed by atoms with Crippen LogP contribution in [0.4, 0.5) is 0 Å². The number of aryl methyl sites for hydroxylation is 1.